The minimum atomic E-state index is -4.52. The SMILES string of the molecule is CC.CC.CC.CC.C[n+]1cccc(-c2csc(N(C(=O)NCCC[N+](C)(C)C)c3cccc(C(F)(F)F)c3)n2)c1. The van der Waals surface area contributed by atoms with E-state index < -0.39 is 17.8 Å². The molecule has 1 N–H and O–H groups in total. The lowest BCUT2D eigenvalue weighted by Crippen LogP contribution is -2.40. The summed E-state index contributed by atoms with van der Waals surface area (Å²) in [5.41, 5.74) is 0.763. The highest BCUT2D eigenvalue weighted by atomic mass is 32.1. The average molecular weight is 600 g/mol. The van der Waals surface area contributed by atoms with E-state index in [1.54, 1.807) is 5.38 Å². The van der Waals surface area contributed by atoms with Crippen LogP contribution in [0.3, 0.4) is 0 Å². The van der Waals surface area contributed by atoms with E-state index in [2.05, 4.69) is 31.4 Å². The molecule has 2 heterocycles. The molecular weight excluding hydrogens is 547 g/mol. The van der Waals surface area contributed by atoms with Gasteiger partial charge in [-0.25, -0.2) is 19.2 Å². The molecule has 0 saturated carbocycles. The first kappa shape index (κ1) is 40.2. The van der Waals surface area contributed by atoms with Gasteiger partial charge in [-0.2, -0.15) is 13.2 Å². The predicted octanol–water partition coefficient (Wildman–Crippen LogP) is 8.70. The van der Waals surface area contributed by atoms with Crippen LogP contribution in [0.1, 0.15) is 67.4 Å². The van der Waals surface area contributed by atoms with E-state index in [1.165, 1.54) is 28.4 Å². The molecule has 0 saturated heterocycles. The van der Waals surface area contributed by atoms with E-state index in [4.69, 9.17) is 0 Å². The number of amides is 2. The summed E-state index contributed by atoms with van der Waals surface area (Å²) in [4.78, 5) is 18.9. The molecule has 232 valence electrons. The first-order valence-electron chi connectivity index (χ1n) is 14.4. The van der Waals surface area contributed by atoms with E-state index in [0.717, 1.165) is 35.1 Å². The Morgan fingerprint density at radius 3 is 2.15 bits per heavy atom. The molecule has 10 heteroatoms. The first-order chi connectivity index (χ1) is 19.4. The van der Waals surface area contributed by atoms with Gasteiger partial charge in [0.05, 0.1) is 50.2 Å². The van der Waals surface area contributed by atoms with Gasteiger partial charge in [0.15, 0.2) is 17.5 Å². The van der Waals surface area contributed by atoms with E-state index in [9.17, 15) is 18.0 Å². The van der Waals surface area contributed by atoms with Crippen LogP contribution in [0, 0.1) is 0 Å². The topological polar surface area (TPSA) is 49.1 Å². The lowest BCUT2D eigenvalue weighted by Gasteiger charge is -2.25. The molecule has 0 radical (unpaired) electrons. The molecule has 0 atom stereocenters. The third kappa shape index (κ3) is 14.5. The Balaban J connectivity index is 0. The number of hydrogen-bond donors (Lipinski definition) is 1. The van der Waals surface area contributed by atoms with Crippen LogP contribution in [0.25, 0.3) is 11.3 Å². The van der Waals surface area contributed by atoms with Crippen molar-refractivity contribution in [2.24, 2.45) is 7.05 Å². The molecule has 0 spiro atoms. The van der Waals surface area contributed by atoms with Gasteiger partial charge in [0.2, 0.25) is 0 Å². The van der Waals surface area contributed by atoms with Crippen molar-refractivity contribution < 1.29 is 27.0 Å². The molecule has 0 aliphatic heterocycles. The number of carbonyl (C=O) groups excluding carboxylic acids is 1. The van der Waals surface area contributed by atoms with E-state index in [0.29, 0.717) is 17.4 Å². The number of urea groups is 1. The van der Waals surface area contributed by atoms with Crippen LogP contribution in [-0.2, 0) is 13.2 Å². The van der Waals surface area contributed by atoms with Crippen LogP contribution in [0.5, 0.6) is 0 Å². The van der Waals surface area contributed by atoms with Gasteiger partial charge in [-0.1, -0.05) is 61.5 Å². The molecule has 0 aliphatic carbocycles. The number of benzene rings is 1. The highest BCUT2D eigenvalue weighted by Crippen LogP contribution is 2.36. The Kier molecular flexibility index (Phi) is 20.4. The van der Waals surface area contributed by atoms with Crippen LogP contribution in [0.4, 0.5) is 28.8 Å². The second kappa shape index (κ2) is 20.8. The molecule has 0 bridgehead atoms. The third-order valence-corrected chi connectivity index (χ3v) is 5.66. The Morgan fingerprint density at radius 1 is 1.00 bits per heavy atom. The zero-order valence-corrected chi connectivity index (χ0v) is 27.9. The van der Waals surface area contributed by atoms with Crippen molar-refractivity contribution in [1.29, 1.82) is 0 Å². The Hall–Kier alpha value is -2.98. The van der Waals surface area contributed by atoms with Crippen molar-refractivity contribution in [1.82, 2.24) is 10.3 Å². The maximum atomic E-state index is 13.3. The number of aromatic nitrogens is 2. The number of nitrogens with one attached hydrogen (secondary N) is 1. The molecule has 2 amide bonds. The van der Waals surface area contributed by atoms with E-state index >= 15 is 0 Å². The fourth-order valence-electron chi connectivity index (χ4n) is 3.20. The zero-order valence-electron chi connectivity index (χ0n) is 27.1. The van der Waals surface area contributed by atoms with Crippen LogP contribution in [-0.4, -0.2) is 49.7 Å². The van der Waals surface area contributed by atoms with Crippen LogP contribution in [0.15, 0.2) is 54.2 Å². The molecule has 3 aromatic rings. The number of thiazole rings is 1. The Bertz CT molecular complexity index is 1110. The number of rotatable bonds is 7. The standard InChI is InChI=1S/C23H27F3N5OS.4C2H6/c1-29-12-6-8-17(15-29)20-16-33-22(28-20)30(21(32)27-11-7-13-31(2,3)4)19-10-5-9-18(14-19)23(24,25)26;4*1-2/h5-6,8-10,12,14-16H,7,11,13H2,1-4H3;4*1-2H3/q+1;;;;/p+1. The summed E-state index contributed by atoms with van der Waals surface area (Å²) < 4.78 is 42.6. The van der Waals surface area contributed by atoms with Crippen LogP contribution < -0.4 is 14.8 Å². The molecule has 1 aromatic carbocycles. The summed E-state index contributed by atoms with van der Waals surface area (Å²) in [6, 6.07) is 7.96. The average Bonchev–Trinajstić information content (AvgIpc) is 3.45. The number of alkyl halides is 3. The van der Waals surface area contributed by atoms with Crippen LogP contribution in [0.2, 0.25) is 0 Å². The second-order valence-electron chi connectivity index (χ2n) is 8.76. The maximum Gasteiger partial charge on any atom is 0.416 e. The molecule has 41 heavy (non-hydrogen) atoms. The quantitative estimate of drug-likeness (QED) is 0.168. The number of anilines is 2. The van der Waals surface area contributed by atoms with Crippen molar-refractivity contribution in [3.05, 3.63) is 59.7 Å². The number of quaternary nitrogens is 1. The highest BCUT2D eigenvalue weighted by Gasteiger charge is 2.32. The summed E-state index contributed by atoms with van der Waals surface area (Å²) in [5, 5.41) is 4.91. The number of nitrogens with zero attached hydrogens (tertiary/aromatic N) is 4. The minimum absolute atomic E-state index is 0.105. The predicted molar refractivity (Wildman–Crippen MR) is 169 cm³/mol. The van der Waals surface area contributed by atoms with Gasteiger partial charge in [-0.05, 0) is 24.3 Å². The number of pyridine rings is 1. The van der Waals surface area contributed by atoms with E-state index in [1.807, 2.05) is 91.5 Å². The lowest BCUT2D eigenvalue weighted by molar-refractivity contribution is -0.870. The minimum Gasteiger partial charge on any atom is -0.337 e. The van der Waals surface area contributed by atoms with Crippen molar-refractivity contribution in [3.8, 4) is 11.3 Å². The van der Waals surface area contributed by atoms with Gasteiger partial charge in [0.1, 0.15) is 7.05 Å². The molecule has 0 unspecified atom stereocenters. The molecule has 0 fully saturated rings. The smallest absolute Gasteiger partial charge is 0.337 e. The van der Waals surface area contributed by atoms with Crippen molar-refractivity contribution in [2.75, 3.05) is 39.1 Å². The zero-order chi connectivity index (χ0) is 32.2. The lowest BCUT2D eigenvalue weighted by atomic mass is 10.2. The fourth-order valence-corrected chi connectivity index (χ4v) is 4.05. The van der Waals surface area contributed by atoms with E-state index in [-0.39, 0.29) is 5.69 Å². The number of halogens is 3. The summed E-state index contributed by atoms with van der Waals surface area (Å²) in [6.45, 7) is 17.2. The van der Waals surface area contributed by atoms with Gasteiger partial charge < -0.3 is 9.80 Å². The van der Waals surface area contributed by atoms with Crippen molar-refractivity contribution in [3.63, 3.8) is 0 Å². The number of carbonyl (C=O) groups is 1. The molecule has 0 aliphatic rings. The van der Waals surface area contributed by atoms with Gasteiger partial charge in [-0.15, -0.1) is 11.3 Å². The summed E-state index contributed by atoms with van der Waals surface area (Å²) in [7, 11) is 8.04. The molecule has 2 aromatic heterocycles. The van der Waals surface area contributed by atoms with Gasteiger partial charge in [0, 0.05) is 24.4 Å². The fraction of sp³-hybridized carbons (Fsp3) is 0.516. The number of aryl methyl sites for hydroxylation is 1. The van der Waals surface area contributed by atoms with Gasteiger partial charge in [-0.3, -0.25) is 0 Å². The van der Waals surface area contributed by atoms with Crippen molar-refractivity contribution in [2.45, 2.75) is 68.0 Å². The van der Waals surface area contributed by atoms with Crippen molar-refractivity contribution >= 4 is 28.2 Å². The number of hydrogen-bond acceptors (Lipinski definition) is 3. The molecular formula is C31H52F3N5OS+2. The second-order valence-corrected chi connectivity index (χ2v) is 9.59. The summed E-state index contributed by atoms with van der Waals surface area (Å²) >= 11 is 1.20. The summed E-state index contributed by atoms with van der Waals surface area (Å²) in [6.07, 6.45) is -0.0152. The third-order valence-electron chi connectivity index (χ3n) is 4.84. The Labute approximate surface area is 250 Å². The molecule has 3 rings (SSSR count). The summed E-state index contributed by atoms with van der Waals surface area (Å²) in [5.74, 6) is 0. The van der Waals surface area contributed by atoms with Crippen LogP contribution >= 0.6 is 11.3 Å². The maximum absolute atomic E-state index is 13.3. The monoisotopic (exact) mass is 599 g/mol. The highest BCUT2D eigenvalue weighted by molar-refractivity contribution is 7.14. The first-order valence-corrected chi connectivity index (χ1v) is 15.3. The Morgan fingerprint density at radius 2 is 1.61 bits per heavy atom. The normalized spacial score (nSPS) is 10.2. The molecule has 6 nitrogen and oxygen atoms in total. The van der Waals surface area contributed by atoms with Gasteiger partial charge >= 0.3 is 12.2 Å². The van der Waals surface area contributed by atoms with Gasteiger partial charge in [0.25, 0.3) is 0 Å². The largest absolute Gasteiger partial charge is 0.416 e.